The quantitative estimate of drug-likeness (QED) is 0.707. The summed E-state index contributed by atoms with van der Waals surface area (Å²) in [6.07, 6.45) is 7.57. The Morgan fingerprint density at radius 1 is 1.35 bits per heavy atom. The molecule has 1 saturated carbocycles. The van der Waals surface area contributed by atoms with Crippen LogP contribution in [0.1, 0.15) is 77.8 Å². The second-order valence-corrected chi connectivity index (χ2v) is 10.2. The topological polar surface area (TPSA) is 87.2 Å². The van der Waals surface area contributed by atoms with Gasteiger partial charge in [0.15, 0.2) is 0 Å². The highest BCUT2D eigenvalue weighted by Gasteiger charge is 2.55. The number of phenols is 1. The van der Waals surface area contributed by atoms with E-state index in [2.05, 4.69) is 23.4 Å². The van der Waals surface area contributed by atoms with Crippen LogP contribution < -0.4 is 5.32 Å². The molecule has 2 aromatic rings. The number of benzene rings is 1. The van der Waals surface area contributed by atoms with E-state index >= 15 is 0 Å². The molecule has 2 fully saturated rings. The molecule has 4 aliphatic rings. The minimum atomic E-state index is -0.0486. The van der Waals surface area contributed by atoms with E-state index in [1.807, 2.05) is 12.1 Å². The van der Waals surface area contributed by atoms with Crippen molar-refractivity contribution in [1.29, 1.82) is 0 Å². The summed E-state index contributed by atoms with van der Waals surface area (Å²) in [7, 11) is 0. The molecule has 0 radical (unpaired) electrons. The minimum Gasteiger partial charge on any atom is -0.508 e. The fourth-order valence-electron chi connectivity index (χ4n) is 7.10. The highest BCUT2D eigenvalue weighted by atomic mass is 16.5. The number of ether oxygens (including phenoxy) is 1. The predicted molar refractivity (Wildman–Crippen MR) is 116 cm³/mol. The number of H-pyrrole nitrogens is 1. The molecule has 3 aliphatic carbocycles. The van der Waals surface area contributed by atoms with Crippen LogP contribution in [0.25, 0.3) is 0 Å². The third kappa shape index (κ3) is 2.94. The van der Waals surface area contributed by atoms with Crippen molar-refractivity contribution >= 4 is 5.91 Å². The van der Waals surface area contributed by atoms with Crippen molar-refractivity contribution in [2.45, 2.75) is 69.3 Å². The van der Waals surface area contributed by atoms with Gasteiger partial charge in [0.05, 0.1) is 11.8 Å². The maximum Gasteiger partial charge on any atom is 0.269 e. The zero-order valence-corrected chi connectivity index (χ0v) is 18.1. The van der Waals surface area contributed by atoms with Gasteiger partial charge in [0, 0.05) is 24.1 Å². The average Bonchev–Trinajstić information content (AvgIpc) is 3.48. The van der Waals surface area contributed by atoms with Gasteiger partial charge >= 0.3 is 0 Å². The highest BCUT2D eigenvalue weighted by Crippen LogP contribution is 2.60. The molecule has 0 spiro atoms. The van der Waals surface area contributed by atoms with Gasteiger partial charge in [-0.05, 0) is 86.0 Å². The van der Waals surface area contributed by atoms with Crippen LogP contribution in [0, 0.1) is 11.8 Å². The van der Waals surface area contributed by atoms with Crippen LogP contribution in [-0.2, 0) is 23.0 Å². The summed E-state index contributed by atoms with van der Waals surface area (Å²) >= 11 is 0. The summed E-state index contributed by atoms with van der Waals surface area (Å²) in [5.74, 6) is 2.00. The lowest BCUT2D eigenvalue weighted by Crippen LogP contribution is -2.43. The minimum absolute atomic E-state index is 0.0362. The van der Waals surface area contributed by atoms with Gasteiger partial charge in [0.2, 0.25) is 0 Å². The Morgan fingerprint density at radius 3 is 3.10 bits per heavy atom. The number of hydrogen-bond donors (Lipinski definition) is 3. The number of aromatic nitrogens is 2. The summed E-state index contributed by atoms with van der Waals surface area (Å²) in [4.78, 5) is 12.9. The molecular weight excluding hydrogens is 390 g/mol. The van der Waals surface area contributed by atoms with Crippen molar-refractivity contribution in [2.24, 2.45) is 11.8 Å². The number of aryl methyl sites for hydroxylation is 1. The number of hydrogen-bond acceptors (Lipinski definition) is 4. The molecule has 3 N–H and O–H groups in total. The van der Waals surface area contributed by atoms with Crippen molar-refractivity contribution in [3.8, 4) is 5.75 Å². The molecule has 1 aromatic heterocycles. The van der Waals surface area contributed by atoms with E-state index in [0.717, 1.165) is 62.8 Å². The fraction of sp³-hybridized carbons (Fsp3) is 0.600. The molecule has 1 amide bonds. The Bertz CT molecular complexity index is 1030. The number of nitrogens with zero attached hydrogens (tertiary/aromatic N) is 1. The van der Waals surface area contributed by atoms with Crippen molar-refractivity contribution in [2.75, 3.05) is 13.2 Å². The number of carbonyl (C=O) groups excluding carboxylic acids is 1. The molecule has 1 saturated heterocycles. The summed E-state index contributed by atoms with van der Waals surface area (Å²) in [5.41, 5.74) is 5.69. The van der Waals surface area contributed by atoms with Crippen LogP contribution in [0.2, 0.25) is 0 Å². The summed E-state index contributed by atoms with van der Waals surface area (Å²) in [5, 5.41) is 20.7. The van der Waals surface area contributed by atoms with Crippen LogP contribution in [0.3, 0.4) is 0 Å². The number of carbonyl (C=O) groups is 1. The number of aromatic hydroxyl groups is 1. The molecule has 0 bridgehead atoms. The molecule has 5 atom stereocenters. The van der Waals surface area contributed by atoms with Crippen LogP contribution in [0.4, 0.5) is 0 Å². The Labute approximate surface area is 182 Å². The maximum atomic E-state index is 12.9. The van der Waals surface area contributed by atoms with E-state index in [0.29, 0.717) is 35.7 Å². The fourth-order valence-corrected chi connectivity index (χ4v) is 7.10. The van der Waals surface area contributed by atoms with E-state index in [1.165, 1.54) is 11.1 Å². The standard InChI is InChI=1S/C25H31N3O3/c1-25-9-8-18-17-7-5-15(29)11-14(17)4-6-19(18)21(25)12-20-22(27-28-23(20)25)24(30)26-13-16-3-2-10-31-16/h5,7,11,16,18-19,21,29H,2-4,6,8-10,12-13H2,1H3,(H,26,30)(H,27,28)/t16?,18?,19?,21?,25-/m0/s1. The number of nitrogens with one attached hydrogen (secondary N) is 2. The number of aromatic amines is 1. The smallest absolute Gasteiger partial charge is 0.269 e. The Morgan fingerprint density at radius 2 is 2.26 bits per heavy atom. The van der Waals surface area contributed by atoms with E-state index in [4.69, 9.17) is 9.84 Å². The first-order valence-electron chi connectivity index (χ1n) is 11.8. The van der Waals surface area contributed by atoms with Crippen LogP contribution >= 0.6 is 0 Å². The second kappa shape index (κ2) is 7.09. The second-order valence-electron chi connectivity index (χ2n) is 10.2. The molecule has 6 nitrogen and oxygen atoms in total. The van der Waals surface area contributed by atoms with E-state index in [1.54, 1.807) is 0 Å². The number of rotatable bonds is 3. The van der Waals surface area contributed by atoms with Crippen LogP contribution in [-0.4, -0.2) is 40.5 Å². The third-order valence-corrected chi connectivity index (χ3v) is 8.67. The molecule has 6 heteroatoms. The lowest BCUT2D eigenvalue weighted by Gasteiger charge is -2.49. The Balaban J connectivity index is 1.25. The number of amides is 1. The zero-order chi connectivity index (χ0) is 21.2. The molecule has 31 heavy (non-hydrogen) atoms. The Kier molecular flexibility index (Phi) is 4.43. The van der Waals surface area contributed by atoms with E-state index < -0.39 is 0 Å². The molecule has 4 unspecified atom stereocenters. The third-order valence-electron chi connectivity index (χ3n) is 8.67. The van der Waals surface area contributed by atoms with Crippen molar-refractivity contribution in [1.82, 2.24) is 15.5 Å². The lowest BCUT2D eigenvalue weighted by atomic mass is 9.55. The van der Waals surface area contributed by atoms with Gasteiger partial charge in [0.25, 0.3) is 5.91 Å². The predicted octanol–water partition coefficient (Wildman–Crippen LogP) is 3.59. The molecule has 2 heterocycles. The van der Waals surface area contributed by atoms with E-state index in [9.17, 15) is 9.90 Å². The first kappa shape index (κ1) is 19.4. The van der Waals surface area contributed by atoms with Gasteiger partial charge in [-0.1, -0.05) is 13.0 Å². The van der Waals surface area contributed by atoms with Crippen LogP contribution in [0.5, 0.6) is 5.75 Å². The van der Waals surface area contributed by atoms with Crippen molar-refractivity contribution in [3.63, 3.8) is 0 Å². The van der Waals surface area contributed by atoms with Gasteiger partial charge < -0.3 is 15.2 Å². The first-order valence-corrected chi connectivity index (χ1v) is 11.8. The van der Waals surface area contributed by atoms with Gasteiger partial charge in [-0.3, -0.25) is 9.89 Å². The highest BCUT2D eigenvalue weighted by molar-refractivity contribution is 5.94. The number of phenolic OH excluding ortho intramolecular Hbond substituents is 1. The van der Waals surface area contributed by atoms with Crippen molar-refractivity contribution in [3.05, 3.63) is 46.3 Å². The average molecular weight is 422 g/mol. The Hall–Kier alpha value is -2.34. The molecule has 164 valence electrons. The molecule has 6 rings (SSSR count). The molecular formula is C25H31N3O3. The van der Waals surface area contributed by atoms with E-state index in [-0.39, 0.29) is 17.4 Å². The summed E-state index contributed by atoms with van der Waals surface area (Å²) in [6.45, 7) is 3.73. The maximum absolute atomic E-state index is 12.9. The van der Waals surface area contributed by atoms with Gasteiger partial charge in [0.1, 0.15) is 11.4 Å². The van der Waals surface area contributed by atoms with Crippen molar-refractivity contribution < 1.29 is 14.6 Å². The normalized spacial score (nSPS) is 33.3. The SMILES string of the molecule is C[C@]12CCC3c4ccc(O)cc4CCC3C1Cc1c2n[nH]c1C(=O)NCC1CCCO1. The molecule has 1 aliphatic heterocycles. The first-order chi connectivity index (χ1) is 15.0. The zero-order valence-electron chi connectivity index (χ0n) is 18.1. The van der Waals surface area contributed by atoms with Gasteiger partial charge in [-0.25, -0.2) is 0 Å². The largest absolute Gasteiger partial charge is 0.508 e. The summed E-state index contributed by atoms with van der Waals surface area (Å²) in [6, 6.07) is 5.93. The van der Waals surface area contributed by atoms with Gasteiger partial charge in [-0.15, -0.1) is 0 Å². The summed E-state index contributed by atoms with van der Waals surface area (Å²) < 4.78 is 5.65. The van der Waals surface area contributed by atoms with Gasteiger partial charge in [-0.2, -0.15) is 5.10 Å². The lowest BCUT2D eigenvalue weighted by molar-refractivity contribution is 0.0850. The number of fused-ring (bicyclic) bond motifs is 7. The molecule has 1 aromatic carbocycles. The van der Waals surface area contributed by atoms with Crippen LogP contribution in [0.15, 0.2) is 18.2 Å². The monoisotopic (exact) mass is 421 g/mol.